The van der Waals surface area contributed by atoms with Crippen molar-refractivity contribution in [3.8, 4) is 0 Å². The van der Waals surface area contributed by atoms with Crippen LogP contribution >= 0.6 is 0 Å². The van der Waals surface area contributed by atoms with E-state index in [2.05, 4.69) is 9.97 Å². The number of para-hydroxylation sites is 2. The summed E-state index contributed by atoms with van der Waals surface area (Å²) in [6.45, 7) is 2.61. The summed E-state index contributed by atoms with van der Waals surface area (Å²) in [5.74, 6) is 0.827. The van der Waals surface area contributed by atoms with Gasteiger partial charge in [-0.15, -0.1) is 0 Å². The number of rotatable bonds is 3. The molecule has 2 rings (SSSR count). The van der Waals surface area contributed by atoms with Crippen LogP contribution in [-0.4, -0.2) is 35.3 Å². The van der Waals surface area contributed by atoms with Crippen LogP contribution < -0.4 is 4.90 Å². The SMILES string of the molecule is Cc1nc2ccccc2nc1N(C)CCO. The van der Waals surface area contributed by atoms with E-state index in [1.807, 2.05) is 43.1 Å². The second-order valence-corrected chi connectivity index (χ2v) is 3.77. The van der Waals surface area contributed by atoms with Crippen LogP contribution in [0.3, 0.4) is 0 Å². The van der Waals surface area contributed by atoms with Gasteiger partial charge in [-0.3, -0.25) is 0 Å². The Hall–Kier alpha value is -1.68. The van der Waals surface area contributed by atoms with Crippen molar-refractivity contribution in [1.82, 2.24) is 9.97 Å². The van der Waals surface area contributed by atoms with Crippen molar-refractivity contribution in [1.29, 1.82) is 0 Å². The number of fused-ring (bicyclic) bond motifs is 1. The molecule has 4 nitrogen and oxygen atoms in total. The van der Waals surface area contributed by atoms with Crippen LogP contribution in [0.4, 0.5) is 5.82 Å². The number of likely N-dealkylation sites (N-methyl/N-ethyl adjacent to an activating group) is 1. The van der Waals surface area contributed by atoms with E-state index in [9.17, 15) is 0 Å². The number of hydrogen-bond donors (Lipinski definition) is 1. The molecule has 0 unspecified atom stereocenters. The molecule has 0 aliphatic heterocycles. The van der Waals surface area contributed by atoms with E-state index in [1.54, 1.807) is 0 Å². The number of anilines is 1. The number of nitrogens with zero attached hydrogens (tertiary/aromatic N) is 3. The van der Waals surface area contributed by atoms with Crippen molar-refractivity contribution < 1.29 is 5.11 Å². The molecule has 0 fully saturated rings. The molecule has 0 saturated carbocycles. The van der Waals surface area contributed by atoms with Gasteiger partial charge in [0.25, 0.3) is 0 Å². The molecule has 0 radical (unpaired) electrons. The van der Waals surface area contributed by atoms with Gasteiger partial charge in [-0.05, 0) is 19.1 Å². The minimum Gasteiger partial charge on any atom is -0.395 e. The number of aliphatic hydroxyl groups is 1. The topological polar surface area (TPSA) is 49.2 Å². The normalized spacial score (nSPS) is 10.7. The number of aliphatic hydroxyl groups excluding tert-OH is 1. The Kier molecular flexibility index (Phi) is 3.01. The third-order valence-electron chi connectivity index (χ3n) is 2.52. The second-order valence-electron chi connectivity index (χ2n) is 3.77. The Balaban J connectivity index is 2.49. The van der Waals surface area contributed by atoms with Gasteiger partial charge in [-0.2, -0.15) is 0 Å². The first-order valence-corrected chi connectivity index (χ1v) is 5.28. The summed E-state index contributed by atoms with van der Waals surface area (Å²) in [5.41, 5.74) is 2.67. The molecule has 16 heavy (non-hydrogen) atoms. The number of hydrogen-bond acceptors (Lipinski definition) is 4. The molecule has 0 saturated heterocycles. The predicted molar refractivity (Wildman–Crippen MR) is 64.6 cm³/mol. The molecule has 0 atom stereocenters. The average molecular weight is 217 g/mol. The standard InChI is InChI=1S/C12H15N3O/c1-9-12(15(2)7-8-16)14-11-6-4-3-5-10(11)13-9/h3-6,16H,7-8H2,1-2H3. The number of benzene rings is 1. The lowest BCUT2D eigenvalue weighted by molar-refractivity contribution is 0.304. The van der Waals surface area contributed by atoms with E-state index in [-0.39, 0.29) is 6.61 Å². The van der Waals surface area contributed by atoms with Crippen molar-refractivity contribution >= 4 is 16.9 Å². The van der Waals surface area contributed by atoms with E-state index in [1.165, 1.54) is 0 Å². The summed E-state index contributed by atoms with van der Waals surface area (Å²) in [4.78, 5) is 11.0. The van der Waals surface area contributed by atoms with Crippen LogP contribution in [0.2, 0.25) is 0 Å². The van der Waals surface area contributed by atoms with Crippen molar-refractivity contribution in [3.05, 3.63) is 30.0 Å². The second kappa shape index (κ2) is 4.45. The Labute approximate surface area is 94.6 Å². The Morgan fingerprint density at radius 2 is 1.81 bits per heavy atom. The van der Waals surface area contributed by atoms with Crippen molar-refractivity contribution in [2.45, 2.75) is 6.92 Å². The number of aromatic nitrogens is 2. The van der Waals surface area contributed by atoms with Gasteiger partial charge in [0.05, 0.1) is 23.3 Å². The maximum atomic E-state index is 8.91. The molecule has 0 bridgehead atoms. The van der Waals surface area contributed by atoms with Crippen molar-refractivity contribution in [2.24, 2.45) is 0 Å². The molecule has 0 amide bonds. The maximum Gasteiger partial charge on any atom is 0.150 e. The van der Waals surface area contributed by atoms with Crippen LogP contribution in [0.25, 0.3) is 11.0 Å². The molecule has 0 aliphatic rings. The summed E-state index contributed by atoms with van der Waals surface area (Å²) in [6.07, 6.45) is 0. The van der Waals surface area contributed by atoms with Crippen LogP contribution in [0, 0.1) is 6.92 Å². The fourth-order valence-electron chi connectivity index (χ4n) is 1.70. The van der Waals surface area contributed by atoms with Crippen LogP contribution in [0.15, 0.2) is 24.3 Å². The molecule has 2 aromatic rings. The highest BCUT2D eigenvalue weighted by Crippen LogP contribution is 2.18. The first-order valence-electron chi connectivity index (χ1n) is 5.28. The monoisotopic (exact) mass is 217 g/mol. The van der Waals surface area contributed by atoms with Crippen LogP contribution in [-0.2, 0) is 0 Å². The Morgan fingerprint density at radius 3 is 2.44 bits per heavy atom. The highest BCUT2D eigenvalue weighted by molar-refractivity contribution is 5.76. The summed E-state index contributed by atoms with van der Waals surface area (Å²) in [6, 6.07) is 7.79. The first kappa shape index (κ1) is 10.8. The molecular weight excluding hydrogens is 202 g/mol. The third-order valence-corrected chi connectivity index (χ3v) is 2.52. The fraction of sp³-hybridized carbons (Fsp3) is 0.333. The van der Waals surface area contributed by atoms with Gasteiger partial charge in [0.15, 0.2) is 5.82 Å². The van der Waals surface area contributed by atoms with E-state index < -0.39 is 0 Å². The zero-order valence-corrected chi connectivity index (χ0v) is 9.51. The Bertz CT molecular complexity index is 499. The summed E-state index contributed by atoms with van der Waals surface area (Å²) in [5, 5.41) is 8.91. The lowest BCUT2D eigenvalue weighted by atomic mass is 10.3. The molecule has 1 aromatic carbocycles. The quantitative estimate of drug-likeness (QED) is 0.843. The van der Waals surface area contributed by atoms with Gasteiger partial charge >= 0.3 is 0 Å². The highest BCUT2D eigenvalue weighted by atomic mass is 16.3. The maximum absolute atomic E-state index is 8.91. The van der Waals surface area contributed by atoms with Gasteiger partial charge in [-0.25, -0.2) is 9.97 Å². The number of aryl methyl sites for hydroxylation is 1. The van der Waals surface area contributed by atoms with Crippen molar-refractivity contribution in [2.75, 3.05) is 25.1 Å². The molecule has 0 aliphatic carbocycles. The highest BCUT2D eigenvalue weighted by Gasteiger charge is 2.08. The Morgan fingerprint density at radius 1 is 1.19 bits per heavy atom. The average Bonchev–Trinajstić information content (AvgIpc) is 2.28. The molecule has 84 valence electrons. The zero-order valence-electron chi connectivity index (χ0n) is 9.51. The minimum absolute atomic E-state index is 0.116. The first-order chi connectivity index (χ1) is 7.72. The van der Waals surface area contributed by atoms with E-state index >= 15 is 0 Å². The molecule has 1 aromatic heterocycles. The lowest BCUT2D eigenvalue weighted by Gasteiger charge is -2.18. The summed E-state index contributed by atoms with van der Waals surface area (Å²) in [7, 11) is 1.90. The van der Waals surface area contributed by atoms with Crippen molar-refractivity contribution in [3.63, 3.8) is 0 Å². The summed E-state index contributed by atoms with van der Waals surface area (Å²) >= 11 is 0. The zero-order chi connectivity index (χ0) is 11.5. The smallest absolute Gasteiger partial charge is 0.150 e. The largest absolute Gasteiger partial charge is 0.395 e. The van der Waals surface area contributed by atoms with Crippen LogP contribution in [0.1, 0.15) is 5.69 Å². The third kappa shape index (κ3) is 1.97. The molecule has 1 heterocycles. The minimum atomic E-state index is 0.116. The summed E-state index contributed by atoms with van der Waals surface area (Å²) < 4.78 is 0. The van der Waals surface area contributed by atoms with Gasteiger partial charge in [0, 0.05) is 13.6 Å². The fourth-order valence-corrected chi connectivity index (χ4v) is 1.70. The van der Waals surface area contributed by atoms with E-state index in [0.29, 0.717) is 6.54 Å². The molecule has 1 N–H and O–H groups in total. The van der Waals surface area contributed by atoms with E-state index in [4.69, 9.17) is 5.11 Å². The van der Waals surface area contributed by atoms with E-state index in [0.717, 1.165) is 22.5 Å². The molecule has 0 spiro atoms. The predicted octanol–water partition coefficient (Wildman–Crippen LogP) is 1.37. The molecular formula is C12H15N3O. The van der Waals surface area contributed by atoms with Crippen LogP contribution in [0.5, 0.6) is 0 Å². The van der Waals surface area contributed by atoms with Gasteiger partial charge in [0.1, 0.15) is 0 Å². The van der Waals surface area contributed by atoms with Gasteiger partial charge in [-0.1, -0.05) is 12.1 Å². The lowest BCUT2D eigenvalue weighted by Crippen LogP contribution is -2.23. The van der Waals surface area contributed by atoms with Gasteiger partial charge in [0.2, 0.25) is 0 Å². The van der Waals surface area contributed by atoms with Gasteiger partial charge < -0.3 is 10.0 Å². The molecule has 4 heteroatoms.